The zero-order valence-electron chi connectivity index (χ0n) is 13.0. The Morgan fingerprint density at radius 1 is 0.960 bits per heavy atom. The van der Waals surface area contributed by atoms with Gasteiger partial charge in [0.2, 0.25) is 0 Å². The molecule has 0 bridgehead atoms. The van der Waals surface area contributed by atoms with Gasteiger partial charge in [0.1, 0.15) is 5.82 Å². The molecule has 0 radical (unpaired) electrons. The molecule has 0 saturated heterocycles. The summed E-state index contributed by atoms with van der Waals surface area (Å²) >= 11 is 24.7. The largest absolute Gasteiger partial charge is 0.369 e. The minimum absolute atomic E-state index is 0.558. The Labute approximate surface area is 165 Å². The van der Waals surface area contributed by atoms with Crippen LogP contribution in [0.15, 0.2) is 36.4 Å². The lowest BCUT2D eigenvalue weighted by Crippen LogP contribution is -2.05. The number of hydrogen-bond donors (Lipinski definition) is 1. The topological polar surface area (TPSA) is 29.9 Å². The van der Waals surface area contributed by atoms with Crippen molar-refractivity contribution in [2.24, 2.45) is 0 Å². The SMILES string of the molecule is Clc1ccc(Cc2nn(-c3ccc(Cl)cc3Cl)c3c2CCN3)c(Cl)c1. The fraction of sp³-hybridized carbons (Fsp3) is 0.167. The van der Waals surface area contributed by atoms with Crippen LogP contribution >= 0.6 is 46.4 Å². The molecule has 25 heavy (non-hydrogen) atoms. The van der Waals surface area contributed by atoms with Gasteiger partial charge >= 0.3 is 0 Å². The van der Waals surface area contributed by atoms with Crippen LogP contribution < -0.4 is 5.32 Å². The highest BCUT2D eigenvalue weighted by Gasteiger charge is 2.24. The zero-order valence-corrected chi connectivity index (χ0v) is 16.0. The minimum Gasteiger partial charge on any atom is -0.369 e. The molecule has 0 fully saturated rings. The summed E-state index contributed by atoms with van der Waals surface area (Å²) in [6.45, 7) is 0.875. The summed E-state index contributed by atoms with van der Waals surface area (Å²) < 4.78 is 1.85. The highest BCUT2D eigenvalue weighted by molar-refractivity contribution is 6.36. The second-order valence-corrected chi connectivity index (χ2v) is 7.56. The van der Waals surface area contributed by atoms with Crippen molar-refractivity contribution in [3.8, 4) is 5.69 Å². The van der Waals surface area contributed by atoms with Gasteiger partial charge in [0, 0.05) is 33.6 Å². The normalized spacial score (nSPS) is 13.0. The van der Waals surface area contributed by atoms with E-state index in [9.17, 15) is 0 Å². The zero-order chi connectivity index (χ0) is 17.6. The van der Waals surface area contributed by atoms with Crippen molar-refractivity contribution in [2.75, 3.05) is 11.9 Å². The van der Waals surface area contributed by atoms with Gasteiger partial charge in [0.05, 0.1) is 16.4 Å². The molecular weight excluding hydrogens is 400 g/mol. The monoisotopic (exact) mass is 411 g/mol. The lowest BCUT2D eigenvalue weighted by molar-refractivity contribution is 0.840. The Bertz CT molecular complexity index is 965. The van der Waals surface area contributed by atoms with Gasteiger partial charge in [0.15, 0.2) is 0 Å². The number of anilines is 1. The Kier molecular flexibility index (Phi) is 4.59. The molecule has 0 spiro atoms. The van der Waals surface area contributed by atoms with E-state index in [1.807, 2.05) is 28.9 Å². The maximum atomic E-state index is 6.37. The first-order valence-electron chi connectivity index (χ1n) is 7.77. The number of benzene rings is 2. The maximum Gasteiger partial charge on any atom is 0.133 e. The van der Waals surface area contributed by atoms with Crippen LogP contribution in [0.3, 0.4) is 0 Å². The maximum absolute atomic E-state index is 6.37. The Hall–Kier alpha value is -1.39. The van der Waals surface area contributed by atoms with Crippen LogP contribution in [-0.4, -0.2) is 16.3 Å². The molecule has 1 aliphatic rings. The average Bonchev–Trinajstić information content (AvgIpc) is 3.14. The van der Waals surface area contributed by atoms with E-state index in [4.69, 9.17) is 51.5 Å². The standard InChI is InChI=1S/C18H13Cl4N3/c19-11-2-1-10(14(21)8-11)7-16-13-5-6-23-18(13)25(24-16)17-4-3-12(20)9-15(17)22/h1-4,8-9,23H,5-7H2. The number of aromatic nitrogens is 2. The predicted octanol–water partition coefficient (Wildman–Crippen LogP) is 6.04. The van der Waals surface area contributed by atoms with E-state index in [0.29, 0.717) is 26.5 Å². The minimum atomic E-state index is 0.558. The van der Waals surface area contributed by atoms with Crippen molar-refractivity contribution < 1.29 is 0 Å². The van der Waals surface area contributed by atoms with Crippen LogP contribution in [0, 0.1) is 0 Å². The second-order valence-electron chi connectivity index (χ2n) is 5.87. The third-order valence-corrected chi connectivity index (χ3v) is 5.37. The highest BCUT2D eigenvalue weighted by atomic mass is 35.5. The van der Waals surface area contributed by atoms with Crippen molar-refractivity contribution in [3.05, 3.63) is 73.3 Å². The summed E-state index contributed by atoms with van der Waals surface area (Å²) in [6, 6.07) is 10.9. The van der Waals surface area contributed by atoms with Gasteiger partial charge in [-0.25, -0.2) is 4.68 Å². The van der Waals surface area contributed by atoms with Crippen molar-refractivity contribution >= 4 is 52.2 Å². The fourth-order valence-corrected chi connectivity index (χ4v) is 4.02. The molecule has 1 N–H and O–H groups in total. The number of rotatable bonds is 3. The molecular formula is C18H13Cl4N3. The quantitative estimate of drug-likeness (QED) is 0.567. The van der Waals surface area contributed by atoms with Gasteiger partial charge in [-0.3, -0.25) is 0 Å². The molecule has 0 atom stereocenters. The summed E-state index contributed by atoms with van der Waals surface area (Å²) in [7, 11) is 0. The first-order chi connectivity index (χ1) is 12.0. The van der Waals surface area contributed by atoms with Crippen molar-refractivity contribution in [3.63, 3.8) is 0 Å². The molecule has 0 aliphatic carbocycles. The smallest absolute Gasteiger partial charge is 0.133 e. The third kappa shape index (κ3) is 3.22. The van der Waals surface area contributed by atoms with Crippen molar-refractivity contribution in [1.82, 2.24) is 9.78 Å². The molecule has 3 nitrogen and oxygen atoms in total. The molecule has 0 unspecified atom stereocenters. The van der Waals surface area contributed by atoms with Crippen LogP contribution in [-0.2, 0) is 12.8 Å². The molecule has 7 heteroatoms. The van der Waals surface area contributed by atoms with E-state index in [-0.39, 0.29) is 0 Å². The molecule has 0 amide bonds. The molecule has 4 rings (SSSR count). The van der Waals surface area contributed by atoms with Crippen LogP contribution in [0.1, 0.15) is 16.8 Å². The fourth-order valence-electron chi connectivity index (χ4n) is 3.06. The van der Waals surface area contributed by atoms with Crippen LogP contribution in [0.2, 0.25) is 20.1 Å². The van der Waals surface area contributed by atoms with E-state index < -0.39 is 0 Å². The summed E-state index contributed by atoms with van der Waals surface area (Å²) in [5, 5.41) is 10.6. The van der Waals surface area contributed by atoms with Crippen molar-refractivity contribution in [1.29, 1.82) is 0 Å². The van der Waals surface area contributed by atoms with Gasteiger partial charge in [0.25, 0.3) is 0 Å². The molecule has 2 aromatic carbocycles. The van der Waals surface area contributed by atoms with Crippen LogP contribution in [0.4, 0.5) is 5.82 Å². The second kappa shape index (κ2) is 6.73. The Morgan fingerprint density at radius 3 is 2.40 bits per heavy atom. The number of hydrogen-bond acceptors (Lipinski definition) is 2. The van der Waals surface area contributed by atoms with E-state index in [1.165, 1.54) is 5.56 Å². The molecule has 1 aromatic heterocycles. The lowest BCUT2D eigenvalue weighted by Gasteiger charge is -2.08. The first kappa shape index (κ1) is 17.0. The lowest BCUT2D eigenvalue weighted by atomic mass is 10.1. The summed E-state index contributed by atoms with van der Waals surface area (Å²) in [5.74, 6) is 0.976. The average molecular weight is 413 g/mol. The molecule has 1 aliphatic heterocycles. The van der Waals surface area contributed by atoms with E-state index in [2.05, 4.69) is 5.32 Å². The number of halogens is 4. The molecule has 128 valence electrons. The van der Waals surface area contributed by atoms with E-state index in [1.54, 1.807) is 12.1 Å². The Morgan fingerprint density at radius 2 is 1.68 bits per heavy atom. The summed E-state index contributed by atoms with van der Waals surface area (Å²) in [5.41, 5.74) is 3.96. The number of nitrogens with one attached hydrogen (secondary N) is 1. The van der Waals surface area contributed by atoms with Gasteiger partial charge in [-0.1, -0.05) is 52.5 Å². The Balaban J connectivity index is 1.78. The van der Waals surface area contributed by atoms with E-state index >= 15 is 0 Å². The third-order valence-electron chi connectivity index (χ3n) is 4.25. The predicted molar refractivity (Wildman–Crippen MR) is 105 cm³/mol. The van der Waals surface area contributed by atoms with Gasteiger partial charge in [-0.15, -0.1) is 0 Å². The van der Waals surface area contributed by atoms with Gasteiger partial charge in [-0.2, -0.15) is 5.10 Å². The summed E-state index contributed by atoms with van der Waals surface area (Å²) in [6.07, 6.45) is 1.55. The number of nitrogens with zero attached hydrogens (tertiary/aromatic N) is 2. The van der Waals surface area contributed by atoms with Crippen LogP contribution in [0.5, 0.6) is 0 Å². The van der Waals surface area contributed by atoms with Crippen molar-refractivity contribution in [2.45, 2.75) is 12.8 Å². The molecule has 3 aromatic rings. The summed E-state index contributed by atoms with van der Waals surface area (Å²) in [4.78, 5) is 0. The molecule has 2 heterocycles. The van der Waals surface area contributed by atoms with Gasteiger partial charge < -0.3 is 5.32 Å². The highest BCUT2D eigenvalue weighted by Crippen LogP contribution is 2.34. The van der Waals surface area contributed by atoms with Crippen LogP contribution in [0.25, 0.3) is 5.69 Å². The first-order valence-corrected chi connectivity index (χ1v) is 9.28. The van der Waals surface area contributed by atoms with Gasteiger partial charge in [-0.05, 0) is 42.3 Å². The molecule has 0 saturated carbocycles. The number of fused-ring (bicyclic) bond motifs is 1. The van der Waals surface area contributed by atoms with E-state index in [0.717, 1.165) is 35.7 Å².